The molecule has 0 unspecified atom stereocenters. The second-order valence-electron chi connectivity index (χ2n) is 5.99. The van der Waals surface area contributed by atoms with E-state index in [-0.39, 0.29) is 24.7 Å². The van der Waals surface area contributed by atoms with Crippen LogP contribution in [0.25, 0.3) is 0 Å². The van der Waals surface area contributed by atoms with Crippen LogP contribution in [0.1, 0.15) is 38.2 Å². The van der Waals surface area contributed by atoms with Gasteiger partial charge < -0.3 is 10.4 Å². The first-order chi connectivity index (χ1) is 9.47. The lowest BCUT2D eigenvalue weighted by molar-refractivity contribution is -0.122. The van der Waals surface area contributed by atoms with Crippen molar-refractivity contribution in [2.45, 2.75) is 44.6 Å². The summed E-state index contributed by atoms with van der Waals surface area (Å²) in [6, 6.07) is 6.03. The molecule has 2 rings (SSSR count). The molecule has 2 N–H and O–H groups in total. The molecule has 1 amide bonds. The average Bonchev–Trinajstić information content (AvgIpc) is 2.41. The fraction of sp³-hybridized carbons (Fsp3) is 0.562. The summed E-state index contributed by atoms with van der Waals surface area (Å²) < 4.78 is 13.0. The maximum atomic E-state index is 13.0. The Morgan fingerprint density at radius 3 is 2.80 bits per heavy atom. The first-order valence-electron chi connectivity index (χ1n) is 7.20. The standard InChI is InChI=1S/C16H22FNO2/c1-12-5-7-16(20,8-6-12)11-18-15(19)10-13-3-2-4-14(17)9-13/h2-4,9,12,20H,5-8,10-11H2,1H3,(H,18,19). The minimum atomic E-state index is -0.774. The van der Waals surface area contributed by atoms with Crippen molar-refractivity contribution in [3.05, 3.63) is 35.6 Å². The number of carbonyl (C=O) groups excluding carboxylic acids is 1. The monoisotopic (exact) mass is 279 g/mol. The summed E-state index contributed by atoms with van der Waals surface area (Å²) in [4.78, 5) is 11.8. The van der Waals surface area contributed by atoms with Gasteiger partial charge in [0.15, 0.2) is 0 Å². The van der Waals surface area contributed by atoms with Gasteiger partial charge in [0.25, 0.3) is 0 Å². The van der Waals surface area contributed by atoms with Gasteiger partial charge in [0, 0.05) is 6.54 Å². The molecule has 0 aromatic heterocycles. The molecule has 1 aromatic carbocycles. The van der Waals surface area contributed by atoms with Crippen LogP contribution in [0.2, 0.25) is 0 Å². The minimum absolute atomic E-state index is 0.143. The van der Waals surface area contributed by atoms with Gasteiger partial charge in [-0.3, -0.25) is 4.79 Å². The summed E-state index contributed by atoms with van der Waals surface area (Å²) in [5, 5.41) is 13.1. The Balaban J connectivity index is 1.80. The second-order valence-corrected chi connectivity index (χ2v) is 5.99. The molecule has 0 bridgehead atoms. The largest absolute Gasteiger partial charge is 0.388 e. The van der Waals surface area contributed by atoms with E-state index in [0.717, 1.165) is 25.7 Å². The van der Waals surface area contributed by atoms with E-state index in [0.29, 0.717) is 11.5 Å². The topological polar surface area (TPSA) is 49.3 Å². The van der Waals surface area contributed by atoms with Gasteiger partial charge in [-0.15, -0.1) is 0 Å². The van der Waals surface area contributed by atoms with Crippen molar-refractivity contribution in [3.63, 3.8) is 0 Å². The molecule has 1 aliphatic carbocycles. The summed E-state index contributed by atoms with van der Waals surface area (Å²) in [6.07, 6.45) is 3.60. The maximum Gasteiger partial charge on any atom is 0.224 e. The number of benzene rings is 1. The molecule has 3 nitrogen and oxygen atoms in total. The van der Waals surface area contributed by atoms with Crippen molar-refractivity contribution in [1.29, 1.82) is 0 Å². The van der Waals surface area contributed by atoms with Crippen LogP contribution in [0.5, 0.6) is 0 Å². The highest BCUT2D eigenvalue weighted by Gasteiger charge is 2.31. The zero-order valence-electron chi connectivity index (χ0n) is 11.9. The number of amides is 1. The molecule has 0 atom stereocenters. The number of carbonyl (C=O) groups is 1. The Labute approximate surface area is 119 Å². The van der Waals surface area contributed by atoms with Crippen molar-refractivity contribution in [2.24, 2.45) is 5.92 Å². The molecule has 1 aromatic rings. The number of rotatable bonds is 4. The highest BCUT2D eigenvalue weighted by atomic mass is 19.1. The summed E-state index contributed by atoms with van der Waals surface area (Å²) in [6.45, 7) is 2.47. The average molecular weight is 279 g/mol. The predicted octanol–water partition coefficient (Wildman–Crippen LogP) is 2.43. The molecule has 0 radical (unpaired) electrons. The molecule has 4 heteroatoms. The van der Waals surface area contributed by atoms with Crippen LogP contribution in [-0.2, 0) is 11.2 Å². The normalized spacial score (nSPS) is 26.2. The second kappa shape index (κ2) is 6.35. The number of hydrogen-bond acceptors (Lipinski definition) is 2. The van der Waals surface area contributed by atoms with Crippen LogP contribution >= 0.6 is 0 Å². The highest BCUT2D eigenvalue weighted by molar-refractivity contribution is 5.78. The van der Waals surface area contributed by atoms with Gasteiger partial charge in [0.1, 0.15) is 5.82 Å². The Bertz CT molecular complexity index is 467. The van der Waals surface area contributed by atoms with E-state index in [1.54, 1.807) is 12.1 Å². The van der Waals surface area contributed by atoms with E-state index >= 15 is 0 Å². The number of halogens is 1. The van der Waals surface area contributed by atoms with E-state index in [9.17, 15) is 14.3 Å². The van der Waals surface area contributed by atoms with Crippen LogP contribution in [0, 0.1) is 11.7 Å². The van der Waals surface area contributed by atoms with E-state index in [2.05, 4.69) is 12.2 Å². The molecule has 1 aliphatic rings. The predicted molar refractivity (Wildman–Crippen MR) is 75.7 cm³/mol. The number of aliphatic hydroxyl groups is 1. The SMILES string of the molecule is CC1CCC(O)(CNC(=O)Cc2cccc(F)c2)CC1. The van der Waals surface area contributed by atoms with Crippen molar-refractivity contribution in [1.82, 2.24) is 5.32 Å². The van der Waals surface area contributed by atoms with Crippen molar-refractivity contribution < 1.29 is 14.3 Å². The van der Waals surface area contributed by atoms with E-state index in [1.807, 2.05) is 0 Å². The first kappa shape index (κ1) is 15.0. The van der Waals surface area contributed by atoms with E-state index in [4.69, 9.17) is 0 Å². The van der Waals surface area contributed by atoms with Gasteiger partial charge in [0.2, 0.25) is 5.91 Å². The summed E-state index contributed by atoms with van der Waals surface area (Å²) in [7, 11) is 0. The number of hydrogen-bond donors (Lipinski definition) is 2. The third-order valence-corrected chi connectivity index (χ3v) is 4.07. The molecule has 0 heterocycles. The quantitative estimate of drug-likeness (QED) is 0.889. The Morgan fingerprint density at radius 2 is 2.15 bits per heavy atom. The summed E-state index contributed by atoms with van der Waals surface area (Å²) in [5.74, 6) is 0.135. The van der Waals surface area contributed by atoms with Gasteiger partial charge in [-0.05, 0) is 49.3 Å². The van der Waals surface area contributed by atoms with Gasteiger partial charge in [-0.25, -0.2) is 4.39 Å². The molecule has 20 heavy (non-hydrogen) atoms. The van der Waals surface area contributed by atoms with Crippen molar-refractivity contribution >= 4 is 5.91 Å². The summed E-state index contributed by atoms with van der Waals surface area (Å²) in [5.41, 5.74) is -0.129. The third kappa shape index (κ3) is 4.30. The van der Waals surface area contributed by atoms with E-state index < -0.39 is 5.60 Å². The lowest BCUT2D eigenvalue weighted by Crippen LogP contribution is -2.45. The van der Waals surface area contributed by atoms with Gasteiger partial charge in [-0.1, -0.05) is 19.1 Å². The highest BCUT2D eigenvalue weighted by Crippen LogP contribution is 2.31. The smallest absolute Gasteiger partial charge is 0.224 e. The fourth-order valence-corrected chi connectivity index (χ4v) is 2.63. The Morgan fingerprint density at radius 1 is 1.45 bits per heavy atom. The zero-order valence-corrected chi connectivity index (χ0v) is 11.9. The van der Waals surface area contributed by atoms with Crippen molar-refractivity contribution in [2.75, 3.05) is 6.54 Å². The summed E-state index contributed by atoms with van der Waals surface area (Å²) >= 11 is 0. The lowest BCUT2D eigenvalue weighted by Gasteiger charge is -2.34. The van der Waals surface area contributed by atoms with Crippen LogP contribution in [-0.4, -0.2) is 23.2 Å². The number of nitrogens with one attached hydrogen (secondary N) is 1. The molecule has 1 fully saturated rings. The van der Waals surface area contributed by atoms with Crippen molar-refractivity contribution in [3.8, 4) is 0 Å². The first-order valence-corrected chi connectivity index (χ1v) is 7.20. The minimum Gasteiger partial charge on any atom is -0.388 e. The molecule has 0 aliphatic heterocycles. The third-order valence-electron chi connectivity index (χ3n) is 4.07. The lowest BCUT2D eigenvalue weighted by atomic mass is 9.79. The van der Waals surface area contributed by atoms with Crippen LogP contribution in [0.15, 0.2) is 24.3 Å². The van der Waals surface area contributed by atoms with Crippen LogP contribution < -0.4 is 5.32 Å². The fourth-order valence-electron chi connectivity index (χ4n) is 2.63. The zero-order chi connectivity index (χ0) is 14.6. The van der Waals surface area contributed by atoms with Crippen LogP contribution in [0.3, 0.4) is 0 Å². The van der Waals surface area contributed by atoms with Gasteiger partial charge >= 0.3 is 0 Å². The maximum absolute atomic E-state index is 13.0. The van der Waals surface area contributed by atoms with E-state index in [1.165, 1.54) is 12.1 Å². The van der Waals surface area contributed by atoms with Gasteiger partial charge in [-0.2, -0.15) is 0 Å². The molecule has 1 saturated carbocycles. The molecule has 110 valence electrons. The van der Waals surface area contributed by atoms with Crippen LogP contribution in [0.4, 0.5) is 4.39 Å². The Hall–Kier alpha value is -1.42. The molecule has 0 spiro atoms. The van der Waals surface area contributed by atoms with Gasteiger partial charge in [0.05, 0.1) is 12.0 Å². The molecular weight excluding hydrogens is 257 g/mol. The Kier molecular flexibility index (Phi) is 4.76. The molecular formula is C16H22FNO2. The molecule has 0 saturated heterocycles.